The lowest BCUT2D eigenvalue weighted by molar-refractivity contribution is 0.164. The summed E-state index contributed by atoms with van der Waals surface area (Å²) in [5.41, 5.74) is 2.63. The van der Waals surface area contributed by atoms with E-state index in [1.807, 2.05) is 0 Å². The number of rotatable bonds is 5. The lowest BCUT2D eigenvalue weighted by atomic mass is 10.1. The van der Waals surface area contributed by atoms with Gasteiger partial charge in [0.15, 0.2) is 0 Å². The lowest BCUT2D eigenvalue weighted by Crippen LogP contribution is -2.49. The van der Waals surface area contributed by atoms with Gasteiger partial charge in [-0.3, -0.25) is 4.90 Å². The third-order valence-corrected chi connectivity index (χ3v) is 5.03. The summed E-state index contributed by atoms with van der Waals surface area (Å²) in [6.07, 6.45) is 2.13. The van der Waals surface area contributed by atoms with Crippen LogP contribution < -0.4 is 5.32 Å². The van der Waals surface area contributed by atoms with Crippen molar-refractivity contribution in [2.24, 2.45) is 0 Å². The zero-order valence-corrected chi connectivity index (χ0v) is 13.4. The third kappa shape index (κ3) is 4.13. The minimum atomic E-state index is 0.605. The maximum atomic E-state index is 4.81. The molecule has 0 aliphatic carbocycles. The molecule has 1 aliphatic heterocycles. The highest BCUT2D eigenvalue weighted by Gasteiger charge is 2.18. The summed E-state index contributed by atoms with van der Waals surface area (Å²) < 4.78 is 0. The van der Waals surface area contributed by atoms with E-state index >= 15 is 0 Å². The van der Waals surface area contributed by atoms with Gasteiger partial charge in [0, 0.05) is 44.0 Å². The fourth-order valence-corrected chi connectivity index (χ4v) is 3.55. The van der Waals surface area contributed by atoms with Crippen LogP contribution in [0.25, 0.3) is 0 Å². The van der Waals surface area contributed by atoms with Crippen LogP contribution in [0.5, 0.6) is 0 Å². The van der Waals surface area contributed by atoms with Gasteiger partial charge in [-0.05, 0) is 18.9 Å². The molecular formula is C17H23N3S. The molecule has 1 aliphatic rings. The molecule has 0 bridgehead atoms. The molecule has 21 heavy (non-hydrogen) atoms. The summed E-state index contributed by atoms with van der Waals surface area (Å²) in [7, 11) is 0. The SMILES string of the molecule is C[C@@H]1CNCCN1Cc1csc(CCc2ccccc2)n1. The highest BCUT2D eigenvalue weighted by atomic mass is 32.1. The van der Waals surface area contributed by atoms with E-state index in [1.54, 1.807) is 11.3 Å². The Bertz CT molecular complexity index is 552. The fourth-order valence-electron chi connectivity index (χ4n) is 2.76. The molecule has 112 valence electrons. The molecule has 1 fully saturated rings. The van der Waals surface area contributed by atoms with E-state index in [2.05, 4.69) is 52.9 Å². The predicted molar refractivity (Wildman–Crippen MR) is 88.7 cm³/mol. The van der Waals surface area contributed by atoms with E-state index in [4.69, 9.17) is 4.98 Å². The highest BCUT2D eigenvalue weighted by Crippen LogP contribution is 2.16. The molecule has 1 aromatic heterocycles. The summed E-state index contributed by atoms with van der Waals surface area (Å²) in [6, 6.07) is 11.3. The Balaban J connectivity index is 1.53. The molecule has 3 rings (SSSR count). The van der Waals surface area contributed by atoms with Gasteiger partial charge in [-0.2, -0.15) is 0 Å². The molecule has 3 nitrogen and oxygen atoms in total. The smallest absolute Gasteiger partial charge is 0.0932 e. The number of hydrogen-bond acceptors (Lipinski definition) is 4. The van der Waals surface area contributed by atoms with Crippen LogP contribution in [0.4, 0.5) is 0 Å². The normalized spacial score (nSPS) is 19.8. The molecule has 1 N–H and O–H groups in total. The second-order valence-electron chi connectivity index (χ2n) is 5.74. The van der Waals surface area contributed by atoms with E-state index in [0.717, 1.165) is 39.0 Å². The van der Waals surface area contributed by atoms with Crippen molar-refractivity contribution in [3.63, 3.8) is 0 Å². The van der Waals surface area contributed by atoms with E-state index in [-0.39, 0.29) is 0 Å². The number of thiazole rings is 1. The van der Waals surface area contributed by atoms with Crippen molar-refractivity contribution in [2.75, 3.05) is 19.6 Å². The van der Waals surface area contributed by atoms with Crippen LogP contribution in [0.3, 0.4) is 0 Å². The van der Waals surface area contributed by atoms with Gasteiger partial charge in [-0.25, -0.2) is 4.98 Å². The molecule has 2 heterocycles. The molecule has 4 heteroatoms. The Kier molecular flexibility index (Phi) is 5.01. The number of hydrogen-bond donors (Lipinski definition) is 1. The van der Waals surface area contributed by atoms with Crippen LogP contribution in [0.15, 0.2) is 35.7 Å². The number of nitrogens with one attached hydrogen (secondary N) is 1. The molecule has 0 radical (unpaired) electrons. The molecule has 0 amide bonds. The van der Waals surface area contributed by atoms with Crippen molar-refractivity contribution >= 4 is 11.3 Å². The Labute approximate surface area is 131 Å². The number of aromatic nitrogens is 1. The summed E-state index contributed by atoms with van der Waals surface area (Å²) in [6.45, 7) is 6.58. The van der Waals surface area contributed by atoms with Crippen molar-refractivity contribution in [1.82, 2.24) is 15.2 Å². The van der Waals surface area contributed by atoms with Crippen LogP contribution in [-0.4, -0.2) is 35.6 Å². The maximum Gasteiger partial charge on any atom is 0.0932 e. The average Bonchev–Trinajstić information content (AvgIpc) is 2.96. The zero-order chi connectivity index (χ0) is 14.5. The molecule has 0 spiro atoms. The number of piperazine rings is 1. The van der Waals surface area contributed by atoms with Gasteiger partial charge < -0.3 is 5.32 Å². The minimum absolute atomic E-state index is 0.605. The topological polar surface area (TPSA) is 28.2 Å². The zero-order valence-electron chi connectivity index (χ0n) is 12.6. The Hall–Kier alpha value is -1.23. The monoisotopic (exact) mass is 301 g/mol. The largest absolute Gasteiger partial charge is 0.314 e. The van der Waals surface area contributed by atoms with Gasteiger partial charge in [0.25, 0.3) is 0 Å². The van der Waals surface area contributed by atoms with Crippen LogP contribution in [0.1, 0.15) is 23.2 Å². The highest BCUT2D eigenvalue weighted by molar-refractivity contribution is 7.09. The average molecular weight is 301 g/mol. The summed E-state index contributed by atoms with van der Waals surface area (Å²) >= 11 is 1.81. The Morgan fingerprint density at radius 1 is 1.29 bits per heavy atom. The van der Waals surface area contributed by atoms with Crippen molar-refractivity contribution in [3.05, 3.63) is 52.0 Å². The summed E-state index contributed by atoms with van der Waals surface area (Å²) in [5.74, 6) is 0. The second-order valence-corrected chi connectivity index (χ2v) is 6.68. The number of nitrogens with zero attached hydrogens (tertiary/aromatic N) is 2. The van der Waals surface area contributed by atoms with Crippen LogP contribution in [-0.2, 0) is 19.4 Å². The van der Waals surface area contributed by atoms with E-state index in [1.165, 1.54) is 16.3 Å². The second kappa shape index (κ2) is 7.16. The maximum absolute atomic E-state index is 4.81. The first-order valence-corrected chi connectivity index (χ1v) is 8.61. The predicted octanol–water partition coefficient (Wildman–Crippen LogP) is 2.72. The minimum Gasteiger partial charge on any atom is -0.314 e. The molecule has 2 aromatic rings. The molecule has 1 atom stereocenters. The molecule has 0 saturated carbocycles. The number of benzene rings is 1. The van der Waals surface area contributed by atoms with Crippen molar-refractivity contribution < 1.29 is 0 Å². The van der Waals surface area contributed by atoms with Gasteiger partial charge in [0.05, 0.1) is 10.7 Å². The molecule has 1 aromatic carbocycles. The lowest BCUT2D eigenvalue weighted by Gasteiger charge is -2.33. The molecular weight excluding hydrogens is 278 g/mol. The van der Waals surface area contributed by atoms with Gasteiger partial charge in [0.1, 0.15) is 0 Å². The first-order chi connectivity index (χ1) is 10.3. The van der Waals surface area contributed by atoms with Gasteiger partial charge in [0.2, 0.25) is 0 Å². The Morgan fingerprint density at radius 3 is 2.95 bits per heavy atom. The van der Waals surface area contributed by atoms with E-state index in [9.17, 15) is 0 Å². The summed E-state index contributed by atoms with van der Waals surface area (Å²) in [4.78, 5) is 7.33. The van der Waals surface area contributed by atoms with Crippen LogP contribution in [0.2, 0.25) is 0 Å². The van der Waals surface area contributed by atoms with Gasteiger partial charge in [-0.15, -0.1) is 11.3 Å². The van der Waals surface area contributed by atoms with E-state index < -0.39 is 0 Å². The quantitative estimate of drug-likeness (QED) is 0.920. The first-order valence-electron chi connectivity index (χ1n) is 7.73. The van der Waals surface area contributed by atoms with Crippen molar-refractivity contribution in [3.8, 4) is 0 Å². The van der Waals surface area contributed by atoms with Crippen molar-refractivity contribution in [2.45, 2.75) is 32.4 Å². The van der Waals surface area contributed by atoms with Crippen molar-refractivity contribution in [1.29, 1.82) is 0 Å². The summed E-state index contributed by atoms with van der Waals surface area (Å²) in [5, 5.41) is 6.93. The standard InChI is InChI=1S/C17H23N3S/c1-14-11-18-9-10-20(14)12-16-13-21-17(19-16)8-7-15-5-3-2-4-6-15/h2-6,13-14,18H,7-12H2,1H3/t14-/m1/s1. The molecule has 1 saturated heterocycles. The fraction of sp³-hybridized carbons (Fsp3) is 0.471. The van der Waals surface area contributed by atoms with Crippen LogP contribution >= 0.6 is 11.3 Å². The number of aryl methyl sites for hydroxylation is 2. The first kappa shape index (κ1) is 14.7. The van der Waals surface area contributed by atoms with E-state index in [0.29, 0.717) is 6.04 Å². The van der Waals surface area contributed by atoms with Crippen LogP contribution in [0, 0.1) is 0 Å². The third-order valence-electron chi connectivity index (χ3n) is 4.07. The van der Waals surface area contributed by atoms with Gasteiger partial charge in [-0.1, -0.05) is 30.3 Å². The Morgan fingerprint density at radius 2 is 2.14 bits per heavy atom. The van der Waals surface area contributed by atoms with Gasteiger partial charge >= 0.3 is 0 Å². The molecule has 0 unspecified atom stereocenters.